The van der Waals surface area contributed by atoms with Crippen LogP contribution < -0.4 is 14.8 Å². The molecule has 2 aromatic rings. The SMILES string of the molecule is CC(NC(=O)c1ccc(OC(F)(F)F)cc1)c1ccc(OCC(F)(F)F)nc1. The minimum Gasteiger partial charge on any atom is -0.468 e. The van der Waals surface area contributed by atoms with Crippen molar-refractivity contribution in [3.05, 3.63) is 53.7 Å². The Morgan fingerprint density at radius 1 is 1.07 bits per heavy atom. The van der Waals surface area contributed by atoms with Crippen molar-refractivity contribution < 1.29 is 40.6 Å². The van der Waals surface area contributed by atoms with Crippen molar-refractivity contribution in [3.8, 4) is 11.6 Å². The monoisotopic (exact) mass is 408 g/mol. The highest BCUT2D eigenvalue weighted by Gasteiger charge is 2.31. The summed E-state index contributed by atoms with van der Waals surface area (Å²) < 4.78 is 80.9. The van der Waals surface area contributed by atoms with E-state index in [1.165, 1.54) is 18.3 Å². The lowest BCUT2D eigenvalue weighted by Gasteiger charge is -2.15. The highest BCUT2D eigenvalue weighted by Crippen LogP contribution is 2.23. The quantitative estimate of drug-likeness (QED) is 0.720. The molecule has 0 saturated heterocycles. The van der Waals surface area contributed by atoms with Gasteiger partial charge in [-0.05, 0) is 36.8 Å². The predicted octanol–water partition coefficient (Wildman–Crippen LogP) is 4.41. The zero-order valence-electron chi connectivity index (χ0n) is 14.3. The van der Waals surface area contributed by atoms with Crippen LogP contribution >= 0.6 is 0 Å². The maximum atomic E-state index is 12.2. The Labute approximate surface area is 155 Å². The smallest absolute Gasteiger partial charge is 0.468 e. The lowest BCUT2D eigenvalue weighted by molar-refractivity contribution is -0.274. The molecule has 1 unspecified atom stereocenters. The van der Waals surface area contributed by atoms with E-state index in [-0.39, 0.29) is 11.4 Å². The first-order valence-corrected chi connectivity index (χ1v) is 7.75. The summed E-state index contributed by atoms with van der Waals surface area (Å²) >= 11 is 0. The van der Waals surface area contributed by atoms with E-state index in [4.69, 9.17) is 0 Å². The van der Waals surface area contributed by atoms with Gasteiger partial charge in [-0.25, -0.2) is 4.98 Å². The molecule has 152 valence electrons. The average molecular weight is 408 g/mol. The van der Waals surface area contributed by atoms with Gasteiger partial charge >= 0.3 is 12.5 Å². The van der Waals surface area contributed by atoms with Crippen LogP contribution in [0, 0.1) is 0 Å². The molecular formula is C17H14F6N2O3. The van der Waals surface area contributed by atoms with Crippen molar-refractivity contribution in [1.29, 1.82) is 0 Å². The molecule has 1 atom stereocenters. The molecular weight excluding hydrogens is 394 g/mol. The first kappa shape index (κ1) is 21.3. The van der Waals surface area contributed by atoms with Crippen LogP contribution in [0.25, 0.3) is 0 Å². The third-order valence-electron chi connectivity index (χ3n) is 3.34. The number of ether oxygens (including phenoxy) is 2. The minimum absolute atomic E-state index is 0.0967. The zero-order chi connectivity index (χ0) is 20.9. The van der Waals surface area contributed by atoms with E-state index in [1.54, 1.807) is 6.92 Å². The summed E-state index contributed by atoms with van der Waals surface area (Å²) in [5.41, 5.74) is 0.587. The molecule has 0 radical (unpaired) electrons. The lowest BCUT2D eigenvalue weighted by Crippen LogP contribution is -2.26. The number of halogens is 6. The van der Waals surface area contributed by atoms with Gasteiger partial charge in [0.15, 0.2) is 6.61 Å². The molecule has 0 spiro atoms. The number of rotatable bonds is 6. The second kappa shape index (κ2) is 8.36. The molecule has 0 saturated carbocycles. The van der Waals surface area contributed by atoms with Crippen molar-refractivity contribution >= 4 is 5.91 Å². The van der Waals surface area contributed by atoms with Crippen LogP contribution in [0.15, 0.2) is 42.6 Å². The summed E-state index contributed by atoms with van der Waals surface area (Å²) in [4.78, 5) is 15.9. The van der Waals surface area contributed by atoms with Crippen molar-refractivity contribution in [2.24, 2.45) is 0 Å². The van der Waals surface area contributed by atoms with Gasteiger partial charge in [0, 0.05) is 17.8 Å². The first-order chi connectivity index (χ1) is 12.9. The maximum absolute atomic E-state index is 12.2. The average Bonchev–Trinajstić information content (AvgIpc) is 2.59. The van der Waals surface area contributed by atoms with Crippen LogP contribution in [0.4, 0.5) is 26.3 Å². The fourth-order valence-corrected chi connectivity index (χ4v) is 2.06. The van der Waals surface area contributed by atoms with Crippen molar-refractivity contribution in [3.63, 3.8) is 0 Å². The second-order valence-electron chi connectivity index (χ2n) is 5.60. The van der Waals surface area contributed by atoms with Gasteiger partial charge in [0.1, 0.15) is 5.75 Å². The fourth-order valence-electron chi connectivity index (χ4n) is 2.06. The normalized spacial score (nSPS) is 13.0. The number of nitrogens with one attached hydrogen (secondary N) is 1. The fraction of sp³-hybridized carbons (Fsp3) is 0.294. The highest BCUT2D eigenvalue weighted by atomic mass is 19.4. The first-order valence-electron chi connectivity index (χ1n) is 7.75. The summed E-state index contributed by atoms with van der Waals surface area (Å²) in [6.45, 7) is 0.131. The van der Waals surface area contributed by atoms with E-state index < -0.39 is 36.8 Å². The standard InChI is InChI=1S/C17H14F6N2O3/c1-10(12-4-7-14(24-8-12)27-9-16(18,19)20)25-15(26)11-2-5-13(6-3-11)28-17(21,22)23/h2-8,10H,9H2,1H3,(H,25,26). The third kappa shape index (κ3) is 6.97. The van der Waals surface area contributed by atoms with Crippen molar-refractivity contribution in [1.82, 2.24) is 10.3 Å². The van der Waals surface area contributed by atoms with Gasteiger partial charge in [0.05, 0.1) is 6.04 Å². The molecule has 0 fully saturated rings. The summed E-state index contributed by atoms with van der Waals surface area (Å²) in [5.74, 6) is -1.25. The lowest BCUT2D eigenvalue weighted by atomic mass is 10.1. The molecule has 0 aliphatic heterocycles. The minimum atomic E-state index is -4.83. The molecule has 5 nitrogen and oxygen atoms in total. The summed E-state index contributed by atoms with van der Waals surface area (Å²) in [6, 6.07) is 6.42. The van der Waals surface area contributed by atoms with Crippen LogP contribution in [-0.4, -0.2) is 30.0 Å². The molecule has 1 aromatic heterocycles. The van der Waals surface area contributed by atoms with E-state index in [9.17, 15) is 31.1 Å². The highest BCUT2D eigenvalue weighted by molar-refractivity contribution is 5.94. The Morgan fingerprint density at radius 3 is 2.21 bits per heavy atom. The van der Waals surface area contributed by atoms with E-state index in [0.29, 0.717) is 5.56 Å². The Kier molecular flexibility index (Phi) is 6.37. The molecule has 1 heterocycles. The number of amides is 1. The molecule has 2 rings (SSSR count). The third-order valence-corrected chi connectivity index (χ3v) is 3.34. The van der Waals surface area contributed by atoms with Gasteiger partial charge < -0.3 is 14.8 Å². The van der Waals surface area contributed by atoms with Crippen LogP contribution in [0.3, 0.4) is 0 Å². The Hall–Kier alpha value is -2.98. The van der Waals surface area contributed by atoms with Gasteiger partial charge in [-0.15, -0.1) is 13.2 Å². The molecule has 1 N–H and O–H groups in total. The number of nitrogens with zero attached hydrogens (tertiary/aromatic N) is 1. The van der Waals surface area contributed by atoms with Crippen LogP contribution in [0.1, 0.15) is 28.9 Å². The zero-order valence-corrected chi connectivity index (χ0v) is 14.3. The number of benzene rings is 1. The maximum Gasteiger partial charge on any atom is 0.573 e. The van der Waals surface area contributed by atoms with Crippen LogP contribution in [0.2, 0.25) is 0 Å². The summed E-state index contributed by atoms with van der Waals surface area (Å²) in [5, 5.41) is 2.59. The molecule has 1 amide bonds. The number of carbonyl (C=O) groups excluding carboxylic acids is 1. The van der Waals surface area contributed by atoms with Gasteiger partial charge in [-0.1, -0.05) is 6.07 Å². The number of hydrogen-bond donors (Lipinski definition) is 1. The molecule has 1 aromatic carbocycles. The van der Waals surface area contributed by atoms with E-state index >= 15 is 0 Å². The van der Waals surface area contributed by atoms with Gasteiger partial charge in [0.2, 0.25) is 5.88 Å². The molecule has 0 aliphatic carbocycles. The number of alkyl halides is 6. The van der Waals surface area contributed by atoms with Crippen LogP contribution in [-0.2, 0) is 0 Å². The second-order valence-corrected chi connectivity index (χ2v) is 5.60. The van der Waals surface area contributed by atoms with E-state index in [1.807, 2.05) is 0 Å². The molecule has 0 bridgehead atoms. The van der Waals surface area contributed by atoms with E-state index in [2.05, 4.69) is 19.8 Å². The van der Waals surface area contributed by atoms with E-state index in [0.717, 1.165) is 24.3 Å². The Morgan fingerprint density at radius 2 is 1.71 bits per heavy atom. The van der Waals surface area contributed by atoms with Gasteiger partial charge in [0.25, 0.3) is 5.91 Å². The number of aromatic nitrogens is 1. The van der Waals surface area contributed by atoms with Crippen molar-refractivity contribution in [2.45, 2.75) is 25.5 Å². The number of pyridine rings is 1. The summed E-state index contributed by atoms with van der Waals surface area (Å²) in [7, 11) is 0. The topological polar surface area (TPSA) is 60.5 Å². The summed E-state index contributed by atoms with van der Waals surface area (Å²) in [6.07, 6.45) is -8.07. The molecule has 28 heavy (non-hydrogen) atoms. The Balaban J connectivity index is 1.94. The van der Waals surface area contributed by atoms with Crippen LogP contribution in [0.5, 0.6) is 11.6 Å². The predicted molar refractivity (Wildman–Crippen MR) is 84.8 cm³/mol. The largest absolute Gasteiger partial charge is 0.573 e. The van der Waals surface area contributed by atoms with Gasteiger partial charge in [-0.3, -0.25) is 4.79 Å². The van der Waals surface area contributed by atoms with Crippen molar-refractivity contribution in [2.75, 3.05) is 6.61 Å². The van der Waals surface area contributed by atoms with Gasteiger partial charge in [-0.2, -0.15) is 13.2 Å². The molecule has 11 heteroatoms. The molecule has 0 aliphatic rings. The number of carbonyl (C=O) groups is 1. The Bertz CT molecular complexity index is 789. The number of hydrogen-bond acceptors (Lipinski definition) is 4.